The molecule has 1 rings (SSSR count). The second kappa shape index (κ2) is 19.1. The minimum Gasteiger partial charge on any atom is -0.480 e. The zero-order valence-corrected chi connectivity index (χ0v) is 25.4. The number of nitrogens with one attached hydrogen (secondary N) is 4. The lowest BCUT2D eigenvalue weighted by atomic mass is 10.1. The van der Waals surface area contributed by atoms with E-state index in [4.69, 9.17) is 34.4 Å². The van der Waals surface area contributed by atoms with E-state index in [1.165, 1.54) is 0 Å². The monoisotopic (exact) mass is 670 g/mol. The Balaban J connectivity index is 3.26. The van der Waals surface area contributed by atoms with Crippen LogP contribution >= 0.6 is 0 Å². The third-order valence-electron chi connectivity index (χ3n) is 6.70. The average Bonchev–Trinajstić information content (AvgIpc) is 3.46. The second-order valence-corrected chi connectivity index (χ2v) is 10.5. The second-order valence-electron chi connectivity index (χ2n) is 10.5. The molecule has 1 fully saturated rings. The van der Waals surface area contributed by atoms with Crippen molar-refractivity contribution in [1.82, 2.24) is 26.2 Å². The van der Waals surface area contributed by atoms with Crippen LogP contribution in [0.15, 0.2) is 4.99 Å². The van der Waals surface area contributed by atoms with Gasteiger partial charge >= 0.3 is 5.97 Å². The lowest BCUT2D eigenvalue weighted by Crippen LogP contribution is -2.60. The largest absolute Gasteiger partial charge is 0.480 e. The van der Waals surface area contributed by atoms with Gasteiger partial charge in [0.1, 0.15) is 30.2 Å². The Labute approximate surface area is 268 Å². The first-order valence-corrected chi connectivity index (χ1v) is 14.3. The van der Waals surface area contributed by atoms with E-state index in [0.717, 1.165) is 4.90 Å². The lowest BCUT2D eigenvalue weighted by molar-refractivity contribution is -0.149. The molecule has 0 aromatic carbocycles. The van der Waals surface area contributed by atoms with E-state index in [0.29, 0.717) is 6.42 Å². The maximum atomic E-state index is 13.4. The van der Waals surface area contributed by atoms with Gasteiger partial charge in [-0.05, 0) is 25.7 Å². The summed E-state index contributed by atoms with van der Waals surface area (Å²) in [6.45, 7) is -0.429. The number of nitrogens with zero attached hydrogens (tertiary/aromatic N) is 2. The van der Waals surface area contributed by atoms with E-state index in [2.05, 4.69) is 26.3 Å². The molecule has 1 aliphatic rings. The van der Waals surface area contributed by atoms with Crippen molar-refractivity contribution in [1.29, 1.82) is 0 Å². The van der Waals surface area contributed by atoms with Crippen LogP contribution in [0, 0.1) is 0 Å². The summed E-state index contributed by atoms with van der Waals surface area (Å²) in [5.74, 6) is -9.73. The molecule has 17 N–H and O–H groups in total. The lowest BCUT2D eigenvalue weighted by Gasteiger charge is -2.29. The molecular weight excluding hydrogens is 628 g/mol. The van der Waals surface area contributed by atoms with E-state index in [1.807, 2.05) is 0 Å². The van der Waals surface area contributed by atoms with Gasteiger partial charge in [0.15, 0.2) is 5.96 Å². The van der Waals surface area contributed by atoms with E-state index < -0.39 is 109 Å². The number of nitrogens with two attached hydrogens (primary N) is 6. The number of carbonyl (C=O) groups excluding carboxylic acids is 8. The molecular formula is C25H42N12O10. The highest BCUT2D eigenvalue weighted by Gasteiger charge is 2.39. The molecule has 1 aliphatic heterocycles. The Morgan fingerprint density at radius 2 is 1.17 bits per heavy atom. The van der Waals surface area contributed by atoms with Crippen molar-refractivity contribution in [3.05, 3.63) is 0 Å². The predicted molar refractivity (Wildman–Crippen MR) is 160 cm³/mol. The summed E-state index contributed by atoms with van der Waals surface area (Å²) in [5.41, 5.74) is 31.5. The van der Waals surface area contributed by atoms with Gasteiger partial charge in [-0.3, -0.25) is 43.3 Å². The van der Waals surface area contributed by atoms with Crippen LogP contribution in [0.25, 0.3) is 0 Å². The molecule has 22 heteroatoms. The topological polar surface area (TPSA) is 394 Å². The Morgan fingerprint density at radius 3 is 1.57 bits per heavy atom. The minimum atomic E-state index is -1.80. The molecule has 0 aromatic heterocycles. The Morgan fingerprint density at radius 1 is 0.723 bits per heavy atom. The summed E-state index contributed by atoms with van der Waals surface area (Å²) in [5, 5.41) is 18.3. The molecule has 8 amide bonds. The number of aliphatic carboxylic acids is 1. The normalized spacial score (nSPS) is 16.4. The number of carboxylic acid groups (broad SMARTS) is 1. The Kier molecular flexibility index (Phi) is 16.0. The molecule has 22 nitrogen and oxygen atoms in total. The summed E-state index contributed by atoms with van der Waals surface area (Å²) >= 11 is 0. The maximum Gasteiger partial charge on any atom is 0.326 e. The standard InChI is InChI=1S/C25H42N12O10/c26-10-19(41)33-12(7-16(27)38)20(42)35-14(9-18(29)40)22(44)36-13(8-17(28)39)21(43)34-11(3-1-5-32-25(30)31)23(45)37-6-2-4-15(37)24(46)47/h11-15H,1-10,26H2,(H2,27,38)(H2,28,39)(H2,29,40)(H,33,41)(H,34,43)(H,35,42)(H,36,44)(H,46,47)(H4,30,31,32)/t11-,12-,13-,14-,15-/m0/s1. The van der Waals surface area contributed by atoms with Crippen molar-refractivity contribution in [2.45, 2.75) is 75.2 Å². The maximum absolute atomic E-state index is 13.4. The number of guanidine groups is 1. The van der Waals surface area contributed by atoms with Gasteiger partial charge in [-0.1, -0.05) is 0 Å². The number of carboxylic acids is 1. The zero-order chi connectivity index (χ0) is 35.8. The molecule has 0 aromatic rings. The van der Waals surface area contributed by atoms with Crippen molar-refractivity contribution >= 4 is 59.2 Å². The molecule has 1 saturated heterocycles. The molecule has 262 valence electrons. The fourth-order valence-electron chi connectivity index (χ4n) is 4.55. The van der Waals surface area contributed by atoms with E-state index in [-0.39, 0.29) is 38.3 Å². The number of primary amides is 3. The van der Waals surface area contributed by atoms with Crippen LogP contribution in [0.1, 0.15) is 44.9 Å². The average molecular weight is 671 g/mol. The van der Waals surface area contributed by atoms with Gasteiger partial charge in [0, 0.05) is 13.1 Å². The SMILES string of the molecule is NCC(=O)N[C@@H](CC(N)=O)C(=O)N[C@@H](CC(N)=O)C(=O)N[C@@H](CC(N)=O)C(=O)N[C@@H](CCCN=C(N)N)C(=O)N1CCC[C@H]1C(=O)O. The molecule has 0 aliphatic carbocycles. The van der Waals surface area contributed by atoms with Gasteiger partial charge < -0.3 is 65.7 Å². The summed E-state index contributed by atoms with van der Waals surface area (Å²) in [7, 11) is 0. The molecule has 5 atom stereocenters. The molecule has 47 heavy (non-hydrogen) atoms. The van der Waals surface area contributed by atoms with Crippen LogP contribution < -0.4 is 55.7 Å². The highest BCUT2D eigenvalue weighted by Crippen LogP contribution is 2.20. The first-order chi connectivity index (χ1) is 22.0. The van der Waals surface area contributed by atoms with E-state index >= 15 is 0 Å². The van der Waals surface area contributed by atoms with E-state index in [9.17, 15) is 48.3 Å². The van der Waals surface area contributed by atoms with Crippen LogP contribution in [-0.2, 0) is 43.2 Å². The van der Waals surface area contributed by atoms with Crippen molar-refractivity contribution in [3.8, 4) is 0 Å². The summed E-state index contributed by atoms with van der Waals surface area (Å²) < 4.78 is 0. The Hall–Kier alpha value is -5.54. The summed E-state index contributed by atoms with van der Waals surface area (Å²) in [4.78, 5) is 116. The summed E-state index contributed by atoms with van der Waals surface area (Å²) in [6, 6.07) is -7.68. The number of rotatable bonds is 20. The van der Waals surface area contributed by atoms with Crippen molar-refractivity contribution < 1.29 is 48.3 Å². The third-order valence-corrected chi connectivity index (χ3v) is 6.70. The zero-order valence-electron chi connectivity index (χ0n) is 25.4. The fraction of sp³-hybridized carbons (Fsp3) is 0.600. The number of likely N-dealkylation sites (tertiary alicyclic amines) is 1. The first-order valence-electron chi connectivity index (χ1n) is 14.3. The van der Waals surface area contributed by atoms with Gasteiger partial charge in [-0.2, -0.15) is 0 Å². The van der Waals surface area contributed by atoms with Crippen molar-refractivity contribution in [2.75, 3.05) is 19.6 Å². The summed E-state index contributed by atoms with van der Waals surface area (Å²) in [6.07, 6.45) is -1.74. The Bertz CT molecular complexity index is 1250. The highest BCUT2D eigenvalue weighted by atomic mass is 16.4. The van der Waals surface area contributed by atoms with Crippen LogP contribution in [0.5, 0.6) is 0 Å². The number of aliphatic imine (C=N–C) groups is 1. The molecule has 0 bridgehead atoms. The van der Waals surface area contributed by atoms with Gasteiger partial charge in [0.05, 0.1) is 25.8 Å². The number of amides is 8. The molecule has 0 unspecified atom stereocenters. The van der Waals surface area contributed by atoms with Gasteiger partial charge in [0.2, 0.25) is 47.3 Å². The molecule has 0 radical (unpaired) electrons. The molecule has 0 spiro atoms. The smallest absolute Gasteiger partial charge is 0.326 e. The quantitative estimate of drug-likeness (QED) is 0.0326. The van der Waals surface area contributed by atoms with Crippen molar-refractivity contribution in [3.63, 3.8) is 0 Å². The third kappa shape index (κ3) is 14.0. The number of hydrogen-bond acceptors (Lipinski definition) is 11. The van der Waals surface area contributed by atoms with Crippen molar-refractivity contribution in [2.24, 2.45) is 39.4 Å². The van der Waals surface area contributed by atoms with Crippen LogP contribution in [-0.4, -0.2) is 119 Å². The predicted octanol–water partition coefficient (Wildman–Crippen LogP) is -7.36. The fourth-order valence-corrected chi connectivity index (χ4v) is 4.55. The van der Waals surface area contributed by atoms with Gasteiger partial charge in [0.25, 0.3) is 0 Å². The van der Waals surface area contributed by atoms with Crippen LogP contribution in [0.2, 0.25) is 0 Å². The number of hydrogen-bond donors (Lipinski definition) is 11. The minimum absolute atomic E-state index is 0.0444. The highest BCUT2D eigenvalue weighted by molar-refractivity contribution is 5.99. The van der Waals surface area contributed by atoms with Gasteiger partial charge in [-0.15, -0.1) is 0 Å². The molecule has 1 heterocycles. The number of carbonyl (C=O) groups is 9. The van der Waals surface area contributed by atoms with Gasteiger partial charge in [-0.25, -0.2) is 4.79 Å². The first kappa shape index (κ1) is 39.5. The van der Waals surface area contributed by atoms with E-state index in [1.54, 1.807) is 0 Å². The van der Waals surface area contributed by atoms with Crippen LogP contribution in [0.3, 0.4) is 0 Å². The van der Waals surface area contributed by atoms with Crippen LogP contribution in [0.4, 0.5) is 0 Å². The molecule has 0 saturated carbocycles.